The minimum Gasteiger partial charge on any atom is -0.338 e. The van der Waals surface area contributed by atoms with Crippen molar-refractivity contribution in [1.29, 1.82) is 0 Å². The molecule has 0 radical (unpaired) electrons. The molecule has 0 atom stereocenters. The van der Waals surface area contributed by atoms with Crippen molar-refractivity contribution in [2.45, 2.75) is 44.7 Å². The summed E-state index contributed by atoms with van der Waals surface area (Å²) in [6.45, 7) is 0.729. The van der Waals surface area contributed by atoms with E-state index in [4.69, 9.17) is 12.2 Å². The summed E-state index contributed by atoms with van der Waals surface area (Å²) in [7, 11) is 2.04. The van der Waals surface area contributed by atoms with Crippen molar-refractivity contribution in [2.75, 3.05) is 11.9 Å². The van der Waals surface area contributed by atoms with E-state index in [1.54, 1.807) is 0 Å². The number of nitrogens with zero attached hydrogens (tertiary/aromatic N) is 4. The highest BCUT2D eigenvalue weighted by atomic mass is 32.1. The van der Waals surface area contributed by atoms with Gasteiger partial charge in [0, 0.05) is 19.3 Å². The molecule has 1 fully saturated rings. The number of H-pyrrole nitrogens is 1. The van der Waals surface area contributed by atoms with Crippen LogP contribution in [0.4, 0.5) is 5.95 Å². The summed E-state index contributed by atoms with van der Waals surface area (Å²) in [6, 6.07) is 6.45. The molecular formula is C15H21N5S. The first kappa shape index (κ1) is 14.3. The van der Waals surface area contributed by atoms with Crippen LogP contribution in [-0.2, 0) is 6.54 Å². The maximum absolute atomic E-state index is 5.44. The molecule has 5 nitrogen and oxygen atoms in total. The highest BCUT2D eigenvalue weighted by Gasteiger charge is 2.21. The molecular weight excluding hydrogens is 282 g/mol. The van der Waals surface area contributed by atoms with Crippen molar-refractivity contribution in [3.05, 3.63) is 34.9 Å². The lowest BCUT2D eigenvalue weighted by atomic mass is 9.95. The van der Waals surface area contributed by atoms with Gasteiger partial charge in [-0.3, -0.25) is 9.55 Å². The van der Waals surface area contributed by atoms with E-state index in [0.29, 0.717) is 6.04 Å². The Morgan fingerprint density at radius 3 is 2.86 bits per heavy atom. The number of aromatic nitrogens is 4. The first-order valence-corrected chi connectivity index (χ1v) is 7.94. The number of rotatable bonds is 4. The summed E-state index contributed by atoms with van der Waals surface area (Å²) in [5, 5.41) is 7.39. The van der Waals surface area contributed by atoms with Crippen molar-refractivity contribution in [3.8, 4) is 0 Å². The minimum absolute atomic E-state index is 0.478. The lowest BCUT2D eigenvalue weighted by Gasteiger charge is -2.27. The van der Waals surface area contributed by atoms with Gasteiger partial charge in [-0.2, -0.15) is 0 Å². The van der Waals surface area contributed by atoms with Gasteiger partial charge in [0.1, 0.15) is 0 Å². The van der Waals surface area contributed by atoms with E-state index in [0.717, 1.165) is 23.0 Å². The molecule has 1 N–H and O–H groups in total. The molecule has 0 bridgehead atoms. The minimum atomic E-state index is 0.478. The average Bonchev–Trinajstić information content (AvgIpc) is 2.91. The second-order valence-corrected chi connectivity index (χ2v) is 6.05. The van der Waals surface area contributed by atoms with E-state index < -0.39 is 0 Å². The smallest absolute Gasteiger partial charge is 0.226 e. The molecule has 1 aliphatic carbocycles. The van der Waals surface area contributed by atoms with E-state index in [1.165, 1.54) is 32.1 Å². The molecule has 0 unspecified atom stereocenters. The normalized spacial score (nSPS) is 16.0. The topological polar surface area (TPSA) is 49.7 Å². The molecule has 6 heteroatoms. The molecule has 2 aromatic rings. The van der Waals surface area contributed by atoms with E-state index in [-0.39, 0.29) is 0 Å². The zero-order valence-corrected chi connectivity index (χ0v) is 13.1. The van der Waals surface area contributed by atoms with Crippen molar-refractivity contribution in [2.24, 2.45) is 0 Å². The van der Waals surface area contributed by atoms with Crippen LogP contribution in [0, 0.1) is 4.77 Å². The van der Waals surface area contributed by atoms with Gasteiger partial charge >= 0.3 is 0 Å². The van der Waals surface area contributed by atoms with Crippen LogP contribution in [0.3, 0.4) is 0 Å². The third kappa shape index (κ3) is 3.15. The lowest BCUT2D eigenvalue weighted by molar-refractivity contribution is 0.350. The van der Waals surface area contributed by atoms with Crippen LogP contribution in [0.1, 0.15) is 43.8 Å². The van der Waals surface area contributed by atoms with Crippen molar-refractivity contribution < 1.29 is 0 Å². The monoisotopic (exact) mass is 303 g/mol. The van der Waals surface area contributed by atoms with Crippen LogP contribution in [-0.4, -0.2) is 26.8 Å². The number of hydrogen-bond acceptors (Lipinski definition) is 4. The zero-order valence-electron chi connectivity index (χ0n) is 12.3. The largest absolute Gasteiger partial charge is 0.338 e. The van der Waals surface area contributed by atoms with E-state index in [2.05, 4.69) is 24.6 Å². The second kappa shape index (κ2) is 6.39. The number of hydrogen-bond donors (Lipinski definition) is 1. The molecule has 112 valence electrons. The van der Waals surface area contributed by atoms with Crippen molar-refractivity contribution in [3.63, 3.8) is 0 Å². The Morgan fingerprint density at radius 1 is 1.33 bits per heavy atom. The molecule has 21 heavy (non-hydrogen) atoms. The summed E-state index contributed by atoms with van der Waals surface area (Å²) in [6.07, 6.45) is 8.10. The summed E-state index contributed by atoms with van der Waals surface area (Å²) in [5.41, 5.74) is 1.03. The molecule has 0 aliphatic heterocycles. The molecule has 1 saturated carbocycles. The lowest BCUT2D eigenvalue weighted by Crippen LogP contribution is -2.24. The molecule has 0 saturated heterocycles. The third-order valence-electron chi connectivity index (χ3n) is 4.09. The number of nitrogens with one attached hydrogen (secondary N) is 1. The van der Waals surface area contributed by atoms with Crippen LogP contribution in [0.5, 0.6) is 0 Å². The van der Waals surface area contributed by atoms with Gasteiger partial charge in [0.2, 0.25) is 5.95 Å². The van der Waals surface area contributed by atoms with Gasteiger partial charge in [-0.05, 0) is 37.2 Å². The SMILES string of the molecule is CN(Cc1ccccn1)c1n[nH]c(=S)n1C1CCCCC1. The molecule has 3 rings (SSSR count). The molecule has 1 aliphatic rings. The summed E-state index contributed by atoms with van der Waals surface area (Å²) in [5.74, 6) is 0.914. The Hall–Kier alpha value is -1.69. The quantitative estimate of drug-likeness (QED) is 0.879. The first-order chi connectivity index (χ1) is 10.3. The Morgan fingerprint density at radius 2 is 2.14 bits per heavy atom. The van der Waals surface area contributed by atoms with Gasteiger partial charge in [0.05, 0.1) is 12.2 Å². The Bertz CT molecular complexity index is 627. The highest BCUT2D eigenvalue weighted by molar-refractivity contribution is 7.71. The number of pyridine rings is 1. The zero-order chi connectivity index (χ0) is 14.7. The fourth-order valence-corrected chi connectivity index (χ4v) is 3.32. The van der Waals surface area contributed by atoms with Crippen LogP contribution in [0.2, 0.25) is 0 Å². The van der Waals surface area contributed by atoms with E-state index in [9.17, 15) is 0 Å². The molecule has 2 aromatic heterocycles. The molecule has 0 aromatic carbocycles. The predicted octanol–water partition coefficient (Wildman–Crippen LogP) is 3.48. The van der Waals surface area contributed by atoms with Gasteiger partial charge in [0.25, 0.3) is 0 Å². The van der Waals surface area contributed by atoms with Crippen molar-refractivity contribution >= 4 is 18.2 Å². The first-order valence-electron chi connectivity index (χ1n) is 7.53. The summed E-state index contributed by atoms with van der Waals surface area (Å²) < 4.78 is 2.92. The van der Waals surface area contributed by atoms with E-state index in [1.807, 2.05) is 31.4 Å². The molecule has 0 spiro atoms. The standard InChI is InChI=1S/C15H21N5S/c1-19(11-12-7-5-6-10-16-12)14-17-18-15(21)20(14)13-8-3-2-4-9-13/h5-7,10,13H,2-4,8-9,11H2,1H3,(H,18,21). The second-order valence-electron chi connectivity index (χ2n) is 5.67. The maximum atomic E-state index is 5.44. The molecule has 2 heterocycles. The van der Waals surface area contributed by atoms with Crippen LogP contribution in [0.15, 0.2) is 24.4 Å². The fraction of sp³-hybridized carbons (Fsp3) is 0.533. The Kier molecular flexibility index (Phi) is 4.34. The summed E-state index contributed by atoms with van der Waals surface area (Å²) >= 11 is 5.44. The van der Waals surface area contributed by atoms with Crippen LogP contribution >= 0.6 is 12.2 Å². The number of anilines is 1. The number of aromatic amines is 1. The van der Waals surface area contributed by atoms with Crippen LogP contribution in [0.25, 0.3) is 0 Å². The van der Waals surface area contributed by atoms with Gasteiger partial charge in [0.15, 0.2) is 4.77 Å². The third-order valence-corrected chi connectivity index (χ3v) is 4.38. The predicted molar refractivity (Wildman–Crippen MR) is 85.9 cm³/mol. The van der Waals surface area contributed by atoms with Gasteiger partial charge < -0.3 is 4.90 Å². The highest BCUT2D eigenvalue weighted by Crippen LogP contribution is 2.31. The molecule has 0 amide bonds. The van der Waals surface area contributed by atoms with E-state index >= 15 is 0 Å². The average molecular weight is 303 g/mol. The van der Waals surface area contributed by atoms with Gasteiger partial charge in [-0.25, -0.2) is 5.10 Å². The summed E-state index contributed by atoms with van der Waals surface area (Å²) in [4.78, 5) is 6.49. The fourth-order valence-electron chi connectivity index (χ4n) is 3.04. The van der Waals surface area contributed by atoms with Crippen molar-refractivity contribution in [1.82, 2.24) is 19.7 Å². The van der Waals surface area contributed by atoms with Gasteiger partial charge in [-0.15, -0.1) is 5.10 Å². The Balaban J connectivity index is 1.83. The Labute approximate surface area is 130 Å². The van der Waals surface area contributed by atoms with Gasteiger partial charge in [-0.1, -0.05) is 25.3 Å². The van der Waals surface area contributed by atoms with Crippen LogP contribution < -0.4 is 4.90 Å². The maximum Gasteiger partial charge on any atom is 0.226 e.